The highest BCUT2D eigenvalue weighted by Crippen LogP contribution is 2.20. The second-order valence-corrected chi connectivity index (χ2v) is 5.36. The summed E-state index contributed by atoms with van der Waals surface area (Å²) in [6.45, 7) is 8.09. The predicted octanol–water partition coefficient (Wildman–Crippen LogP) is 3.63. The van der Waals surface area contributed by atoms with Gasteiger partial charge in [-0.2, -0.15) is 5.10 Å². The van der Waals surface area contributed by atoms with Crippen LogP contribution in [-0.4, -0.2) is 16.3 Å². The van der Waals surface area contributed by atoms with Crippen molar-refractivity contribution >= 4 is 0 Å². The summed E-state index contributed by atoms with van der Waals surface area (Å²) in [5.74, 6) is -0.189. The summed E-state index contributed by atoms with van der Waals surface area (Å²) in [4.78, 5) is 0. The lowest BCUT2D eigenvalue weighted by Crippen LogP contribution is -2.26. The number of nitrogens with zero attached hydrogens (tertiary/aromatic N) is 2. The van der Waals surface area contributed by atoms with Crippen LogP contribution < -0.4 is 5.32 Å². The monoisotopic (exact) mass is 289 g/mol. The maximum atomic E-state index is 13.0. The first-order valence-corrected chi connectivity index (χ1v) is 7.66. The van der Waals surface area contributed by atoms with Gasteiger partial charge < -0.3 is 5.32 Å². The van der Waals surface area contributed by atoms with Gasteiger partial charge in [0.2, 0.25) is 0 Å². The van der Waals surface area contributed by atoms with Crippen molar-refractivity contribution in [3.63, 3.8) is 0 Å². The van der Waals surface area contributed by atoms with E-state index < -0.39 is 0 Å². The number of nitrogens with one attached hydrogen (secondary N) is 1. The Kier molecular flexibility index (Phi) is 5.51. The van der Waals surface area contributed by atoms with Gasteiger partial charge in [0.25, 0.3) is 0 Å². The zero-order valence-electron chi connectivity index (χ0n) is 13.1. The van der Waals surface area contributed by atoms with Crippen molar-refractivity contribution in [3.8, 4) is 0 Å². The van der Waals surface area contributed by atoms with Crippen molar-refractivity contribution in [2.75, 3.05) is 6.54 Å². The van der Waals surface area contributed by atoms with Gasteiger partial charge in [0, 0.05) is 6.54 Å². The molecule has 2 aromatic rings. The minimum Gasteiger partial charge on any atom is -0.308 e. The lowest BCUT2D eigenvalue weighted by molar-refractivity contribution is 0.478. The maximum absolute atomic E-state index is 13.0. The maximum Gasteiger partial charge on any atom is 0.123 e. The van der Waals surface area contributed by atoms with Gasteiger partial charge in [-0.1, -0.05) is 19.1 Å². The fraction of sp³-hybridized carbons (Fsp3) is 0.471. The molecule has 0 aliphatic rings. The molecule has 0 aliphatic carbocycles. The van der Waals surface area contributed by atoms with Gasteiger partial charge >= 0.3 is 0 Å². The molecule has 4 heteroatoms. The highest BCUT2D eigenvalue weighted by molar-refractivity contribution is 5.21. The minimum atomic E-state index is -0.189. The van der Waals surface area contributed by atoms with E-state index in [0.717, 1.165) is 37.2 Å². The number of aryl methyl sites for hydroxylation is 2. The van der Waals surface area contributed by atoms with Gasteiger partial charge in [-0.05, 0) is 57.0 Å². The summed E-state index contributed by atoms with van der Waals surface area (Å²) in [7, 11) is 0. The molecule has 114 valence electrons. The Labute approximate surface area is 126 Å². The van der Waals surface area contributed by atoms with E-state index in [1.54, 1.807) is 0 Å². The fourth-order valence-electron chi connectivity index (χ4n) is 2.56. The summed E-state index contributed by atoms with van der Waals surface area (Å²) < 4.78 is 15.1. The highest BCUT2D eigenvalue weighted by Gasteiger charge is 2.17. The van der Waals surface area contributed by atoms with Crippen molar-refractivity contribution in [2.24, 2.45) is 0 Å². The summed E-state index contributed by atoms with van der Waals surface area (Å²) in [6, 6.07) is 9.10. The van der Waals surface area contributed by atoms with Crippen molar-refractivity contribution < 1.29 is 4.39 Å². The van der Waals surface area contributed by atoms with Crippen LogP contribution in [0.2, 0.25) is 0 Å². The molecular formula is C17H24FN3. The number of benzene rings is 1. The zero-order valence-corrected chi connectivity index (χ0v) is 13.1. The standard InChI is InChI=1S/C17H24FN3/c1-4-10-19-16(12-14-6-8-15(18)9-7-14)17-11-13(3)20-21(17)5-2/h6-9,11,16,19H,4-5,10,12H2,1-3H3. The summed E-state index contributed by atoms with van der Waals surface area (Å²) in [5, 5.41) is 8.11. The van der Waals surface area contributed by atoms with E-state index in [-0.39, 0.29) is 11.9 Å². The Morgan fingerprint density at radius 2 is 1.95 bits per heavy atom. The molecule has 21 heavy (non-hydrogen) atoms. The number of rotatable bonds is 7. The second kappa shape index (κ2) is 7.36. The van der Waals surface area contributed by atoms with Crippen LogP contribution in [0.15, 0.2) is 30.3 Å². The van der Waals surface area contributed by atoms with Crippen LogP contribution in [0.3, 0.4) is 0 Å². The Balaban J connectivity index is 2.22. The quantitative estimate of drug-likeness (QED) is 0.843. The van der Waals surface area contributed by atoms with Crippen LogP contribution in [0.4, 0.5) is 4.39 Å². The summed E-state index contributed by atoms with van der Waals surface area (Å²) in [5.41, 5.74) is 3.37. The van der Waals surface area contributed by atoms with Gasteiger partial charge in [-0.3, -0.25) is 4.68 Å². The minimum absolute atomic E-state index is 0.189. The van der Waals surface area contributed by atoms with Gasteiger partial charge in [0.15, 0.2) is 0 Å². The molecule has 1 atom stereocenters. The van der Waals surface area contributed by atoms with Gasteiger partial charge in [-0.15, -0.1) is 0 Å². The molecule has 3 nitrogen and oxygen atoms in total. The molecule has 1 heterocycles. The third kappa shape index (κ3) is 4.14. The topological polar surface area (TPSA) is 29.9 Å². The van der Waals surface area contributed by atoms with Crippen molar-refractivity contribution in [3.05, 3.63) is 53.1 Å². The molecule has 0 saturated heterocycles. The first-order chi connectivity index (χ1) is 10.1. The molecule has 0 radical (unpaired) electrons. The second-order valence-electron chi connectivity index (χ2n) is 5.36. The third-order valence-electron chi connectivity index (χ3n) is 3.58. The molecule has 0 aliphatic heterocycles. The third-order valence-corrected chi connectivity index (χ3v) is 3.58. The molecule has 0 spiro atoms. The average molecular weight is 289 g/mol. The van der Waals surface area contributed by atoms with E-state index in [1.807, 2.05) is 23.7 Å². The number of aromatic nitrogens is 2. The highest BCUT2D eigenvalue weighted by atomic mass is 19.1. The summed E-state index contributed by atoms with van der Waals surface area (Å²) in [6.07, 6.45) is 1.92. The molecule has 1 aromatic heterocycles. The van der Waals surface area contributed by atoms with Crippen molar-refractivity contribution in [1.82, 2.24) is 15.1 Å². The summed E-state index contributed by atoms with van der Waals surface area (Å²) >= 11 is 0. The van der Waals surface area contributed by atoms with E-state index in [9.17, 15) is 4.39 Å². The number of hydrogen-bond acceptors (Lipinski definition) is 2. The van der Waals surface area contributed by atoms with Crippen molar-refractivity contribution in [2.45, 2.75) is 46.2 Å². The lowest BCUT2D eigenvalue weighted by atomic mass is 10.0. The number of halogens is 1. The van der Waals surface area contributed by atoms with Crippen LogP contribution in [0, 0.1) is 12.7 Å². The Hall–Kier alpha value is -1.68. The van der Waals surface area contributed by atoms with Gasteiger partial charge in [0.1, 0.15) is 5.82 Å². The van der Waals surface area contributed by atoms with Crippen LogP contribution in [0.1, 0.15) is 43.3 Å². The molecule has 1 N–H and O–H groups in total. The number of hydrogen-bond donors (Lipinski definition) is 1. The Morgan fingerprint density at radius 3 is 2.57 bits per heavy atom. The van der Waals surface area contributed by atoms with Crippen molar-refractivity contribution in [1.29, 1.82) is 0 Å². The molecule has 0 saturated carbocycles. The van der Waals surface area contributed by atoms with E-state index in [4.69, 9.17) is 0 Å². The molecule has 1 unspecified atom stereocenters. The molecule has 1 aromatic carbocycles. The molecule has 0 amide bonds. The van der Waals surface area contributed by atoms with Crippen LogP contribution in [0.25, 0.3) is 0 Å². The molecule has 0 bridgehead atoms. The van der Waals surface area contributed by atoms with E-state index in [0.29, 0.717) is 0 Å². The first kappa shape index (κ1) is 15.7. The first-order valence-electron chi connectivity index (χ1n) is 7.66. The zero-order chi connectivity index (χ0) is 15.2. The molecule has 2 rings (SSSR count). The van der Waals surface area contributed by atoms with Crippen LogP contribution in [-0.2, 0) is 13.0 Å². The van der Waals surface area contributed by atoms with Gasteiger partial charge in [0.05, 0.1) is 17.4 Å². The smallest absolute Gasteiger partial charge is 0.123 e. The predicted molar refractivity (Wildman–Crippen MR) is 83.8 cm³/mol. The SMILES string of the molecule is CCCNC(Cc1ccc(F)cc1)c1cc(C)nn1CC. The van der Waals surface area contributed by atoms with Gasteiger partial charge in [-0.25, -0.2) is 4.39 Å². The largest absolute Gasteiger partial charge is 0.308 e. The molecular weight excluding hydrogens is 265 g/mol. The Bertz CT molecular complexity index is 560. The molecule has 0 fully saturated rings. The van der Waals surface area contributed by atoms with E-state index in [1.165, 1.54) is 17.8 Å². The average Bonchev–Trinajstić information content (AvgIpc) is 2.86. The van der Waals surface area contributed by atoms with Crippen LogP contribution >= 0.6 is 0 Å². The van der Waals surface area contributed by atoms with Crippen LogP contribution in [0.5, 0.6) is 0 Å². The normalized spacial score (nSPS) is 12.6. The van der Waals surface area contributed by atoms with E-state index in [2.05, 4.69) is 30.3 Å². The fourth-order valence-corrected chi connectivity index (χ4v) is 2.56. The van der Waals surface area contributed by atoms with E-state index >= 15 is 0 Å². The lowest BCUT2D eigenvalue weighted by Gasteiger charge is -2.20. The Morgan fingerprint density at radius 1 is 1.24 bits per heavy atom.